The fraction of sp³-hybridized carbons (Fsp3) is 0.438. The summed E-state index contributed by atoms with van der Waals surface area (Å²) in [5.41, 5.74) is 0. The Balaban J connectivity index is 1.95. The second-order valence-electron chi connectivity index (χ2n) is 5.66. The summed E-state index contributed by atoms with van der Waals surface area (Å²) in [6.07, 6.45) is 4.44. The van der Waals surface area contributed by atoms with E-state index in [-0.39, 0.29) is 0 Å². The van der Waals surface area contributed by atoms with Gasteiger partial charge in [-0.05, 0) is 36.8 Å². The van der Waals surface area contributed by atoms with Crippen LogP contribution in [0.4, 0.5) is 5.82 Å². The average Bonchev–Trinajstić information content (AvgIpc) is 2.72. The van der Waals surface area contributed by atoms with E-state index in [9.17, 15) is 0 Å². The molecule has 0 bridgehead atoms. The van der Waals surface area contributed by atoms with Crippen LogP contribution in [0.25, 0.3) is 10.8 Å². The first-order valence-electron chi connectivity index (χ1n) is 6.96. The number of rotatable bonds is 2. The van der Waals surface area contributed by atoms with Crippen molar-refractivity contribution in [3.05, 3.63) is 34.9 Å². The van der Waals surface area contributed by atoms with Crippen LogP contribution in [0, 0.1) is 11.8 Å². The first-order valence-corrected chi connectivity index (χ1v) is 7.76. The van der Waals surface area contributed by atoms with Gasteiger partial charge in [0, 0.05) is 27.5 Å². The molecule has 1 saturated carbocycles. The minimum absolute atomic E-state index is 0.548. The summed E-state index contributed by atoms with van der Waals surface area (Å²) in [7, 11) is 0. The van der Waals surface area contributed by atoms with Gasteiger partial charge >= 0.3 is 0 Å². The van der Waals surface area contributed by atoms with Crippen LogP contribution in [-0.2, 0) is 0 Å². The Hall–Kier alpha value is -1.09. The van der Waals surface area contributed by atoms with Crippen LogP contribution in [0.2, 0.25) is 0 Å². The highest BCUT2D eigenvalue weighted by molar-refractivity contribution is 9.10. The van der Waals surface area contributed by atoms with Crippen molar-refractivity contribution in [2.24, 2.45) is 11.8 Å². The number of nitrogens with zero attached hydrogens (tertiary/aromatic N) is 1. The van der Waals surface area contributed by atoms with Gasteiger partial charge in [0.15, 0.2) is 0 Å². The number of nitrogens with one attached hydrogen (secondary N) is 1. The molecule has 0 radical (unpaired) electrons. The first kappa shape index (κ1) is 12.9. The largest absolute Gasteiger partial charge is 0.367 e. The van der Waals surface area contributed by atoms with E-state index in [1.165, 1.54) is 23.6 Å². The van der Waals surface area contributed by atoms with Crippen LogP contribution >= 0.6 is 15.9 Å². The molecular formula is C16H19BrN2. The number of anilines is 1. The lowest BCUT2D eigenvalue weighted by molar-refractivity contribution is 0.435. The van der Waals surface area contributed by atoms with Crippen molar-refractivity contribution in [2.45, 2.75) is 32.7 Å². The average molecular weight is 319 g/mol. The molecular weight excluding hydrogens is 300 g/mol. The van der Waals surface area contributed by atoms with Crippen LogP contribution in [0.3, 0.4) is 0 Å². The Bertz CT molecular complexity index is 596. The Morgan fingerprint density at radius 2 is 2.00 bits per heavy atom. The number of benzene rings is 1. The number of pyridine rings is 1. The molecule has 1 N–H and O–H groups in total. The molecule has 2 nitrogen and oxygen atoms in total. The Kier molecular flexibility index (Phi) is 3.48. The molecule has 0 spiro atoms. The third-order valence-corrected chi connectivity index (χ3v) is 5.23. The van der Waals surface area contributed by atoms with E-state index in [4.69, 9.17) is 0 Å². The highest BCUT2D eigenvalue weighted by atomic mass is 79.9. The van der Waals surface area contributed by atoms with Gasteiger partial charge in [-0.25, -0.2) is 4.98 Å². The lowest BCUT2D eigenvalue weighted by Crippen LogP contribution is -2.24. The topological polar surface area (TPSA) is 24.9 Å². The molecule has 1 aromatic carbocycles. The zero-order valence-electron chi connectivity index (χ0n) is 11.4. The molecule has 1 heterocycles. The van der Waals surface area contributed by atoms with Crippen LogP contribution in [0.1, 0.15) is 26.7 Å². The fourth-order valence-electron chi connectivity index (χ4n) is 3.03. The van der Waals surface area contributed by atoms with Crippen molar-refractivity contribution in [2.75, 3.05) is 5.32 Å². The van der Waals surface area contributed by atoms with E-state index in [0.29, 0.717) is 12.0 Å². The van der Waals surface area contributed by atoms with Gasteiger partial charge in [-0.2, -0.15) is 0 Å². The van der Waals surface area contributed by atoms with Crippen LogP contribution in [-0.4, -0.2) is 11.0 Å². The minimum Gasteiger partial charge on any atom is -0.367 e. The number of aromatic nitrogens is 1. The maximum absolute atomic E-state index is 4.54. The molecule has 0 amide bonds. The number of hydrogen-bond donors (Lipinski definition) is 1. The maximum Gasteiger partial charge on any atom is 0.134 e. The van der Waals surface area contributed by atoms with Crippen molar-refractivity contribution < 1.29 is 0 Å². The third kappa shape index (κ3) is 2.36. The molecule has 100 valence electrons. The van der Waals surface area contributed by atoms with Gasteiger partial charge in [0.05, 0.1) is 0 Å². The van der Waals surface area contributed by atoms with Gasteiger partial charge < -0.3 is 5.32 Å². The number of halogens is 1. The molecule has 2 aromatic rings. The molecule has 1 aliphatic carbocycles. The van der Waals surface area contributed by atoms with E-state index in [1.807, 2.05) is 6.20 Å². The molecule has 3 unspecified atom stereocenters. The van der Waals surface area contributed by atoms with Crippen molar-refractivity contribution in [3.63, 3.8) is 0 Å². The van der Waals surface area contributed by atoms with Gasteiger partial charge in [-0.15, -0.1) is 0 Å². The standard InChI is InChI=1S/C16H19BrN2/c1-10-6-7-15(11(10)2)19-16-13-4-3-5-14(17)12(13)8-9-18-16/h3-5,8-11,15H,6-7H2,1-2H3,(H,18,19). The predicted octanol–water partition coefficient (Wildman–Crippen LogP) is 4.84. The maximum atomic E-state index is 4.54. The van der Waals surface area contributed by atoms with Gasteiger partial charge in [0.25, 0.3) is 0 Å². The Morgan fingerprint density at radius 3 is 2.74 bits per heavy atom. The van der Waals surface area contributed by atoms with Crippen LogP contribution in [0.5, 0.6) is 0 Å². The molecule has 3 atom stereocenters. The molecule has 1 fully saturated rings. The van der Waals surface area contributed by atoms with E-state index in [1.54, 1.807) is 0 Å². The van der Waals surface area contributed by atoms with Gasteiger partial charge in [-0.1, -0.05) is 41.9 Å². The lowest BCUT2D eigenvalue weighted by atomic mass is 9.97. The normalized spacial score (nSPS) is 26.8. The smallest absolute Gasteiger partial charge is 0.134 e. The molecule has 1 aliphatic rings. The highest BCUT2D eigenvalue weighted by Crippen LogP contribution is 2.35. The monoisotopic (exact) mass is 318 g/mol. The Morgan fingerprint density at radius 1 is 1.16 bits per heavy atom. The van der Waals surface area contributed by atoms with E-state index >= 15 is 0 Å². The van der Waals surface area contributed by atoms with Gasteiger partial charge in [-0.3, -0.25) is 0 Å². The zero-order valence-corrected chi connectivity index (χ0v) is 12.9. The van der Waals surface area contributed by atoms with Crippen molar-refractivity contribution >= 4 is 32.5 Å². The first-order chi connectivity index (χ1) is 9.16. The van der Waals surface area contributed by atoms with Crippen molar-refractivity contribution in [3.8, 4) is 0 Å². The summed E-state index contributed by atoms with van der Waals surface area (Å²) in [6.45, 7) is 4.69. The Labute approximate surface area is 122 Å². The summed E-state index contributed by atoms with van der Waals surface area (Å²) >= 11 is 3.61. The molecule has 0 aliphatic heterocycles. The summed E-state index contributed by atoms with van der Waals surface area (Å²) < 4.78 is 1.13. The molecule has 0 saturated heterocycles. The van der Waals surface area contributed by atoms with Crippen LogP contribution in [0.15, 0.2) is 34.9 Å². The fourth-order valence-corrected chi connectivity index (χ4v) is 3.53. The van der Waals surface area contributed by atoms with E-state index < -0.39 is 0 Å². The lowest BCUT2D eigenvalue weighted by Gasteiger charge is -2.21. The number of fused-ring (bicyclic) bond motifs is 1. The van der Waals surface area contributed by atoms with E-state index in [0.717, 1.165) is 16.2 Å². The molecule has 3 rings (SSSR count). The quantitative estimate of drug-likeness (QED) is 0.856. The summed E-state index contributed by atoms with van der Waals surface area (Å²) in [6, 6.07) is 8.89. The minimum atomic E-state index is 0.548. The molecule has 19 heavy (non-hydrogen) atoms. The van der Waals surface area contributed by atoms with Crippen molar-refractivity contribution in [1.29, 1.82) is 0 Å². The summed E-state index contributed by atoms with van der Waals surface area (Å²) in [5.74, 6) is 2.54. The second kappa shape index (κ2) is 5.12. The summed E-state index contributed by atoms with van der Waals surface area (Å²) in [5, 5.41) is 6.08. The SMILES string of the molecule is CC1CCC(Nc2nccc3c(Br)cccc23)C1C. The summed E-state index contributed by atoms with van der Waals surface area (Å²) in [4.78, 5) is 4.54. The predicted molar refractivity (Wildman–Crippen MR) is 84.4 cm³/mol. The van der Waals surface area contributed by atoms with Crippen LogP contribution < -0.4 is 5.32 Å². The highest BCUT2D eigenvalue weighted by Gasteiger charge is 2.30. The third-order valence-electron chi connectivity index (χ3n) is 4.54. The van der Waals surface area contributed by atoms with Crippen molar-refractivity contribution in [1.82, 2.24) is 4.98 Å². The van der Waals surface area contributed by atoms with E-state index in [2.05, 4.69) is 64.3 Å². The second-order valence-corrected chi connectivity index (χ2v) is 6.51. The number of hydrogen-bond acceptors (Lipinski definition) is 2. The molecule has 3 heteroatoms. The van der Waals surface area contributed by atoms with Gasteiger partial charge in [0.2, 0.25) is 0 Å². The molecule has 1 aromatic heterocycles. The zero-order chi connectivity index (χ0) is 13.4. The van der Waals surface area contributed by atoms with Gasteiger partial charge in [0.1, 0.15) is 5.82 Å².